The molecular weight excluding hydrogens is 216 g/mol. The highest BCUT2D eigenvalue weighted by atomic mass is 16.6. The molecule has 1 fully saturated rings. The summed E-state index contributed by atoms with van der Waals surface area (Å²) in [6, 6.07) is 0. The van der Waals surface area contributed by atoms with Gasteiger partial charge in [-0.1, -0.05) is 13.8 Å². The van der Waals surface area contributed by atoms with Crippen molar-refractivity contribution in [3.8, 4) is 0 Å². The molecule has 1 heterocycles. The smallest absolute Gasteiger partial charge is 0.104 e. The third-order valence-electron chi connectivity index (χ3n) is 3.81. The molecule has 0 N–H and O–H groups in total. The molecule has 0 spiro atoms. The monoisotopic (exact) mass is 244 g/mol. The summed E-state index contributed by atoms with van der Waals surface area (Å²) < 4.78 is 17.0. The van der Waals surface area contributed by atoms with Gasteiger partial charge in [0, 0.05) is 5.92 Å². The fourth-order valence-corrected chi connectivity index (χ4v) is 1.27. The molecule has 1 rings (SSSR count). The molecule has 0 bridgehead atoms. The van der Waals surface area contributed by atoms with Gasteiger partial charge in [-0.05, 0) is 34.1 Å². The second-order valence-corrected chi connectivity index (χ2v) is 6.20. The van der Waals surface area contributed by atoms with Gasteiger partial charge in [0.1, 0.15) is 6.10 Å². The fourth-order valence-electron chi connectivity index (χ4n) is 1.27. The first-order chi connectivity index (χ1) is 7.77. The van der Waals surface area contributed by atoms with Crippen LogP contribution < -0.4 is 0 Å². The van der Waals surface area contributed by atoms with E-state index < -0.39 is 0 Å². The number of rotatable bonds is 8. The van der Waals surface area contributed by atoms with Gasteiger partial charge in [-0.3, -0.25) is 0 Å². The van der Waals surface area contributed by atoms with E-state index >= 15 is 0 Å². The second kappa shape index (κ2) is 5.68. The van der Waals surface area contributed by atoms with Crippen LogP contribution in [-0.2, 0) is 14.2 Å². The first-order valence-electron chi connectivity index (χ1n) is 6.66. The number of ether oxygens (including phenoxy) is 3. The largest absolute Gasteiger partial charge is 0.375 e. The summed E-state index contributed by atoms with van der Waals surface area (Å²) in [6.07, 6.45) is 1.35. The van der Waals surface area contributed by atoms with Crippen LogP contribution in [0.1, 0.15) is 48.0 Å². The minimum atomic E-state index is -0.157. The van der Waals surface area contributed by atoms with E-state index in [-0.39, 0.29) is 11.2 Å². The summed E-state index contributed by atoms with van der Waals surface area (Å²) in [7, 11) is 0. The van der Waals surface area contributed by atoms with E-state index in [1.54, 1.807) is 0 Å². The van der Waals surface area contributed by atoms with Gasteiger partial charge in [-0.15, -0.1) is 0 Å². The zero-order valence-electron chi connectivity index (χ0n) is 12.2. The Bertz CT molecular complexity index is 232. The van der Waals surface area contributed by atoms with Crippen molar-refractivity contribution in [3.05, 3.63) is 0 Å². The Hall–Kier alpha value is -0.120. The van der Waals surface area contributed by atoms with Gasteiger partial charge in [0.2, 0.25) is 0 Å². The average Bonchev–Trinajstić information content (AvgIpc) is 3.07. The quantitative estimate of drug-likeness (QED) is 0.615. The van der Waals surface area contributed by atoms with Crippen LogP contribution in [0.5, 0.6) is 0 Å². The molecule has 3 heteroatoms. The van der Waals surface area contributed by atoms with Gasteiger partial charge < -0.3 is 14.2 Å². The maximum Gasteiger partial charge on any atom is 0.104 e. The molecule has 0 aromatic carbocycles. The third kappa shape index (κ3) is 5.36. The van der Waals surface area contributed by atoms with Gasteiger partial charge >= 0.3 is 0 Å². The van der Waals surface area contributed by atoms with Gasteiger partial charge in [-0.2, -0.15) is 0 Å². The minimum absolute atomic E-state index is 0.0378. The second-order valence-electron chi connectivity index (χ2n) is 6.20. The topological polar surface area (TPSA) is 31.0 Å². The van der Waals surface area contributed by atoms with E-state index in [0.29, 0.717) is 18.6 Å². The standard InChI is InChI=1S/C14H28O3/c1-7-13(3,4)16-8-11(2)14(5,6)17-10-12-9-15-12/h11-12H,7-10H2,1-6H3. The number of hydrogen-bond acceptors (Lipinski definition) is 3. The molecule has 2 unspecified atom stereocenters. The molecule has 3 nitrogen and oxygen atoms in total. The molecule has 102 valence electrons. The van der Waals surface area contributed by atoms with E-state index in [4.69, 9.17) is 14.2 Å². The molecule has 1 aliphatic rings. The molecule has 2 atom stereocenters. The van der Waals surface area contributed by atoms with Crippen LogP contribution in [0.4, 0.5) is 0 Å². The maximum absolute atomic E-state index is 5.94. The summed E-state index contributed by atoms with van der Waals surface area (Å²) in [5.41, 5.74) is -0.195. The summed E-state index contributed by atoms with van der Waals surface area (Å²) >= 11 is 0. The van der Waals surface area contributed by atoms with E-state index in [0.717, 1.165) is 19.6 Å². The van der Waals surface area contributed by atoms with Crippen LogP contribution in [-0.4, -0.2) is 37.1 Å². The van der Waals surface area contributed by atoms with Crippen LogP contribution >= 0.6 is 0 Å². The summed E-state index contributed by atoms with van der Waals surface area (Å²) in [4.78, 5) is 0. The highest BCUT2D eigenvalue weighted by molar-refractivity contribution is 4.79. The van der Waals surface area contributed by atoms with Crippen molar-refractivity contribution in [1.29, 1.82) is 0 Å². The molecule has 0 saturated carbocycles. The predicted octanol–water partition coefficient (Wildman–Crippen LogP) is 3.02. The first-order valence-corrected chi connectivity index (χ1v) is 6.66. The van der Waals surface area contributed by atoms with Gasteiger partial charge in [0.05, 0.1) is 31.0 Å². The Morgan fingerprint density at radius 1 is 1.24 bits per heavy atom. The summed E-state index contributed by atoms with van der Waals surface area (Å²) in [5.74, 6) is 0.368. The van der Waals surface area contributed by atoms with Crippen molar-refractivity contribution in [3.63, 3.8) is 0 Å². The normalized spacial score (nSPS) is 22.6. The molecule has 0 aromatic rings. The summed E-state index contributed by atoms with van der Waals surface area (Å²) in [6.45, 7) is 15.1. The van der Waals surface area contributed by atoms with Crippen LogP contribution in [0.2, 0.25) is 0 Å². The highest BCUT2D eigenvalue weighted by Gasteiger charge is 2.32. The Kier molecular flexibility index (Phi) is 4.99. The lowest BCUT2D eigenvalue weighted by molar-refractivity contribution is -0.109. The van der Waals surface area contributed by atoms with E-state index in [1.807, 2.05) is 0 Å². The van der Waals surface area contributed by atoms with Crippen molar-refractivity contribution >= 4 is 0 Å². The van der Waals surface area contributed by atoms with Crippen molar-refractivity contribution in [2.75, 3.05) is 19.8 Å². The number of epoxide rings is 1. The average molecular weight is 244 g/mol. The third-order valence-corrected chi connectivity index (χ3v) is 3.81. The van der Waals surface area contributed by atoms with E-state index in [2.05, 4.69) is 41.5 Å². The molecule has 0 aliphatic carbocycles. The van der Waals surface area contributed by atoms with E-state index in [9.17, 15) is 0 Å². The zero-order chi connectivity index (χ0) is 13.1. The summed E-state index contributed by atoms with van der Waals surface area (Å²) in [5, 5.41) is 0. The van der Waals surface area contributed by atoms with Crippen LogP contribution in [0.15, 0.2) is 0 Å². The molecule has 1 aliphatic heterocycles. The van der Waals surface area contributed by atoms with Crippen molar-refractivity contribution < 1.29 is 14.2 Å². The SMILES string of the molecule is CCC(C)(C)OCC(C)C(C)(C)OCC1CO1. The van der Waals surface area contributed by atoms with Crippen LogP contribution in [0.3, 0.4) is 0 Å². The fraction of sp³-hybridized carbons (Fsp3) is 1.00. The zero-order valence-corrected chi connectivity index (χ0v) is 12.2. The molecule has 1 saturated heterocycles. The highest BCUT2D eigenvalue weighted by Crippen LogP contribution is 2.25. The predicted molar refractivity (Wildman–Crippen MR) is 69.3 cm³/mol. The van der Waals surface area contributed by atoms with Crippen molar-refractivity contribution in [2.45, 2.75) is 65.3 Å². The number of hydrogen-bond donors (Lipinski definition) is 0. The van der Waals surface area contributed by atoms with Gasteiger partial charge in [0.25, 0.3) is 0 Å². The maximum atomic E-state index is 5.94. The Labute approximate surface area is 106 Å². The Morgan fingerprint density at radius 3 is 2.29 bits per heavy atom. The Balaban J connectivity index is 2.30. The van der Waals surface area contributed by atoms with Crippen molar-refractivity contribution in [2.24, 2.45) is 5.92 Å². The minimum Gasteiger partial charge on any atom is -0.375 e. The molecule has 0 radical (unpaired) electrons. The van der Waals surface area contributed by atoms with Gasteiger partial charge in [0.15, 0.2) is 0 Å². The lowest BCUT2D eigenvalue weighted by Gasteiger charge is -2.34. The van der Waals surface area contributed by atoms with Crippen LogP contribution in [0, 0.1) is 5.92 Å². The molecule has 0 amide bonds. The lowest BCUT2D eigenvalue weighted by atomic mass is 9.93. The molecule has 0 aromatic heterocycles. The molecule has 17 heavy (non-hydrogen) atoms. The molecular formula is C14H28O3. The van der Waals surface area contributed by atoms with Crippen molar-refractivity contribution in [1.82, 2.24) is 0 Å². The lowest BCUT2D eigenvalue weighted by Crippen LogP contribution is -2.38. The van der Waals surface area contributed by atoms with Gasteiger partial charge in [-0.25, -0.2) is 0 Å². The first kappa shape index (κ1) is 14.9. The van der Waals surface area contributed by atoms with E-state index in [1.165, 1.54) is 0 Å². The van der Waals surface area contributed by atoms with Crippen LogP contribution in [0.25, 0.3) is 0 Å². The Morgan fingerprint density at radius 2 is 1.82 bits per heavy atom.